The third-order valence-corrected chi connectivity index (χ3v) is 6.98. The fourth-order valence-electron chi connectivity index (χ4n) is 4.77. The molecule has 0 amide bonds. The molecule has 0 aliphatic rings. The SMILES string of the molecule is CCCCCCCCCCCCCCCCCCC(CC)N(CCCC)CCCC. The average molecular weight is 424 g/mol. The summed E-state index contributed by atoms with van der Waals surface area (Å²) in [5.74, 6) is 0. The molecule has 0 aliphatic carbocycles. The van der Waals surface area contributed by atoms with E-state index in [4.69, 9.17) is 0 Å². The summed E-state index contributed by atoms with van der Waals surface area (Å²) in [7, 11) is 0. The summed E-state index contributed by atoms with van der Waals surface area (Å²) in [6, 6.07) is 0.842. The van der Waals surface area contributed by atoms with Crippen LogP contribution in [0.25, 0.3) is 0 Å². The second-order valence-corrected chi connectivity index (χ2v) is 9.90. The van der Waals surface area contributed by atoms with Crippen molar-refractivity contribution in [2.24, 2.45) is 0 Å². The third-order valence-electron chi connectivity index (χ3n) is 6.98. The van der Waals surface area contributed by atoms with Crippen LogP contribution < -0.4 is 0 Å². The topological polar surface area (TPSA) is 3.24 Å². The van der Waals surface area contributed by atoms with E-state index in [1.54, 1.807) is 0 Å². The number of nitrogens with zero attached hydrogens (tertiary/aromatic N) is 1. The molecule has 0 heterocycles. The van der Waals surface area contributed by atoms with E-state index in [2.05, 4.69) is 32.6 Å². The molecule has 0 bridgehead atoms. The molecule has 0 saturated heterocycles. The molecule has 0 fully saturated rings. The van der Waals surface area contributed by atoms with Crippen molar-refractivity contribution in [2.75, 3.05) is 13.1 Å². The van der Waals surface area contributed by atoms with Crippen LogP contribution in [-0.4, -0.2) is 24.0 Å². The summed E-state index contributed by atoms with van der Waals surface area (Å²) in [4.78, 5) is 2.82. The van der Waals surface area contributed by atoms with E-state index in [1.165, 1.54) is 154 Å². The lowest BCUT2D eigenvalue weighted by atomic mass is 10.0. The number of unbranched alkanes of at least 4 members (excludes halogenated alkanes) is 17. The number of rotatable bonds is 25. The predicted molar refractivity (Wildman–Crippen MR) is 140 cm³/mol. The smallest absolute Gasteiger partial charge is 0.00926 e. The van der Waals surface area contributed by atoms with Crippen molar-refractivity contribution in [1.29, 1.82) is 0 Å². The first-order valence-corrected chi connectivity index (χ1v) is 14.5. The quantitative estimate of drug-likeness (QED) is 0.132. The van der Waals surface area contributed by atoms with Gasteiger partial charge in [0, 0.05) is 6.04 Å². The van der Waals surface area contributed by atoms with Gasteiger partial charge >= 0.3 is 0 Å². The normalized spacial score (nSPS) is 12.7. The van der Waals surface area contributed by atoms with Crippen molar-refractivity contribution in [3.8, 4) is 0 Å². The van der Waals surface area contributed by atoms with Crippen LogP contribution in [0, 0.1) is 0 Å². The largest absolute Gasteiger partial charge is 0.300 e. The Hall–Kier alpha value is -0.0400. The van der Waals surface area contributed by atoms with Crippen LogP contribution in [0.1, 0.15) is 169 Å². The lowest BCUT2D eigenvalue weighted by molar-refractivity contribution is 0.173. The Morgan fingerprint density at radius 3 is 1.07 bits per heavy atom. The highest BCUT2D eigenvalue weighted by molar-refractivity contribution is 4.71. The Morgan fingerprint density at radius 1 is 0.400 bits per heavy atom. The fourth-order valence-corrected chi connectivity index (χ4v) is 4.77. The zero-order valence-corrected chi connectivity index (χ0v) is 22.0. The molecule has 1 heteroatoms. The summed E-state index contributed by atoms with van der Waals surface area (Å²) in [5, 5.41) is 0. The van der Waals surface area contributed by atoms with Gasteiger partial charge in [-0.1, -0.05) is 143 Å². The molecule has 0 aliphatic heterocycles. The monoisotopic (exact) mass is 423 g/mol. The molecule has 0 aromatic heterocycles. The van der Waals surface area contributed by atoms with Crippen molar-refractivity contribution >= 4 is 0 Å². The van der Waals surface area contributed by atoms with Crippen LogP contribution in [0.3, 0.4) is 0 Å². The van der Waals surface area contributed by atoms with Crippen molar-refractivity contribution in [1.82, 2.24) is 4.90 Å². The van der Waals surface area contributed by atoms with Gasteiger partial charge in [-0.05, 0) is 38.8 Å². The van der Waals surface area contributed by atoms with Crippen LogP contribution in [0.15, 0.2) is 0 Å². The van der Waals surface area contributed by atoms with Gasteiger partial charge in [0.05, 0.1) is 0 Å². The Kier molecular flexibility index (Phi) is 25.2. The highest BCUT2D eigenvalue weighted by atomic mass is 15.1. The maximum atomic E-state index is 2.82. The Bertz CT molecular complexity index is 293. The van der Waals surface area contributed by atoms with E-state index in [-0.39, 0.29) is 0 Å². The minimum Gasteiger partial charge on any atom is -0.300 e. The first-order valence-electron chi connectivity index (χ1n) is 14.5. The van der Waals surface area contributed by atoms with Crippen molar-refractivity contribution < 1.29 is 0 Å². The number of hydrogen-bond acceptors (Lipinski definition) is 1. The lowest BCUT2D eigenvalue weighted by Gasteiger charge is -2.31. The predicted octanol–water partition coefficient (Wildman–Crippen LogP) is 10.3. The molecule has 0 aromatic rings. The molecule has 1 unspecified atom stereocenters. The Balaban J connectivity index is 3.51. The van der Waals surface area contributed by atoms with E-state index in [0.29, 0.717) is 0 Å². The highest BCUT2D eigenvalue weighted by Crippen LogP contribution is 2.18. The van der Waals surface area contributed by atoms with Gasteiger partial charge in [0.15, 0.2) is 0 Å². The van der Waals surface area contributed by atoms with Crippen molar-refractivity contribution in [2.45, 2.75) is 175 Å². The molecule has 0 spiro atoms. The maximum Gasteiger partial charge on any atom is 0.00926 e. The Morgan fingerprint density at radius 2 is 0.733 bits per heavy atom. The highest BCUT2D eigenvalue weighted by Gasteiger charge is 2.15. The van der Waals surface area contributed by atoms with Gasteiger partial charge in [0.2, 0.25) is 0 Å². The second kappa shape index (κ2) is 25.2. The van der Waals surface area contributed by atoms with Gasteiger partial charge in [-0.15, -0.1) is 0 Å². The minimum absolute atomic E-state index is 0.842. The van der Waals surface area contributed by atoms with Gasteiger partial charge in [-0.25, -0.2) is 0 Å². The third kappa shape index (κ3) is 19.9. The fraction of sp³-hybridized carbons (Fsp3) is 1.00. The minimum atomic E-state index is 0.842. The summed E-state index contributed by atoms with van der Waals surface area (Å²) < 4.78 is 0. The molecular weight excluding hydrogens is 362 g/mol. The van der Waals surface area contributed by atoms with E-state index in [1.807, 2.05) is 0 Å². The summed E-state index contributed by atoms with van der Waals surface area (Å²) in [5.41, 5.74) is 0. The van der Waals surface area contributed by atoms with Crippen LogP contribution in [0.4, 0.5) is 0 Å². The van der Waals surface area contributed by atoms with Gasteiger partial charge in [0.1, 0.15) is 0 Å². The molecule has 0 N–H and O–H groups in total. The van der Waals surface area contributed by atoms with Gasteiger partial charge in [-0.3, -0.25) is 0 Å². The number of hydrogen-bond donors (Lipinski definition) is 0. The molecule has 182 valence electrons. The molecule has 0 radical (unpaired) electrons. The molecule has 0 saturated carbocycles. The summed E-state index contributed by atoms with van der Waals surface area (Å²) in [6.45, 7) is 12.0. The van der Waals surface area contributed by atoms with Crippen LogP contribution in [0.5, 0.6) is 0 Å². The van der Waals surface area contributed by atoms with E-state index in [9.17, 15) is 0 Å². The molecule has 0 aromatic carbocycles. The van der Waals surface area contributed by atoms with Gasteiger partial charge in [-0.2, -0.15) is 0 Å². The van der Waals surface area contributed by atoms with Crippen molar-refractivity contribution in [3.63, 3.8) is 0 Å². The van der Waals surface area contributed by atoms with Crippen LogP contribution in [0.2, 0.25) is 0 Å². The van der Waals surface area contributed by atoms with E-state index in [0.717, 1.165) is 6.04 Å². The molecule has 1 atom stereocenters. The first-order chi connectivity index (χ1) is 14.8. The average Bonchev–Trinajstić information content (AvgIpc) is 2.76. The standard InChI is InChI=1S/C29H61N/c1-5-9-12-13-14-15-16-17-18-19-20-21-22-23-24-25-26-29(8-4)30(27-10-6-2)28-11-7-3/h29H,5-28H2,1-4H3. The zero-order chi connectivity index (χ0) is 22.1. The summed E-state index contributed by atoms with van der Waals surface area (Å²) >= 11 is 0. The lowest BCUT2D eigenvalue weighted by Crippen LogP contribution is -2.36. The van der Waals surface area contributed by atoms with Gasteiger partial charge < -0.3 is 4.90 Å². The molecular formula is C29H61N. The molecule has 1 nitrogen and oxygen atoms in total. The Labute approximate surface area is 193 Å². The molecule has 30 heavy (non-hydrogen) atoms. The van der Waals surface area contributed by atoms with E-state index >= 15 is 0 Å². The van der Waals surface area contributed by atoms with Crippen LogP contribution >= 0.6 is 0 Å². The van der Waals surface area contributed by atoms with Gasteiger partial charge in [0.25, 0.3) is 0 Å². The van der Waals surface area contributed by atoms with Crippen LogP contribution in [-0.2, 0) is 0 Å². The maximum absolute atomic E-state index is 2.82. The second-order valence-electron chi connectivity index (χ2n) is 9.90. The van der Waals surface area contributed by atoms with Crippen molar-refractivity contribution in [3.05, 3.63) is 0 Å². The zero-order valence-electron chi connectivity index (χ0n) is 22.0. The summed E-state index contributed by atoms with van der Waals surface area (Å²) in [6.07, 6.45) is 31.7. The van der Waals surface area contributed by atoms with E-state index < -0.39 is 0 Å². The first kappa shape index (κ1) is 30.0. The molecule has 0 rings (SSSR count).